The lowest BCUT2D eigenvalue weighted by Gasteiger charge is -2.31. The summed E-state index contributed by atoms with van der Waals surface area (Å²) in [6.45, 7) is 3.71. The summed E-state index contributed by atoms with van der Waals surface area (Å²) in [4.78, 5) is 18.9. The van der Waals surface area contributed by atoms with E-state index in [1.807, 2.05) is 33.7 Å². The van der Waals surface area contributed by atoms with Crippen molar-refractivity contribution in [1.29, 1.82) is 0 Å². The Morgan fingerprint density at radius 2 is 1.62 bits per heavy atom. The highest BCUT2D eigenvalue weighted by molar-refractivity contribution is 7.86. The van der Waals surface area contributed by atoms with Crippen molar-refractivity contribution < 1.29 is 13.2 Å². The molecule has 0 saturated carbocycles. The summed E-state index contributed by atoms with van der Waals surface area (Å²) in [6.07, 6.45) is 5.79. The van der Waals surface area contributed by atoms with Crippen LogP contribution >= 0.6 is 0 Å². The standard InChI is InChI=1S/C20H29N5O3S/c26-20(9-14-23-17-21-18-7-2-3-8-19(18)23)22-10-6-13-25(16-15-22)29(27,28)24-11-4-1-5-12-24/h2-3,7-8,17H,1,4-6,9-16H2. The zero-order chi connectivity index (χ0) is 20.3. The highest BCUT2D eigenvalue weighted by Gasteiger charge is 2.32. The molecule has 2 aliphatic rings. The molecule has 2 aliphatic heterocycles. The van der Waals surface area contributed by atoms with Crippen molar-refractivity contribution in [2.75, 3.05) is 39.3 Å². The first-order valence-electron chi connectivity index (χ1n) is 10.5. The molecule has 0 spiro atoms. The van der Waals surface area contributed by atoms with Gasteiger partial charge in [-0.05, 0) is 31.4 Å². The molecule has 2 aromatic rings. The van der Waals surface area contributed by atoms with Crippen LogP contribution in [0.4, 0.5) is 0 Å². The molecule has 0 aliphatic carbocycles. The quantitative estimate of drug-likeness (QED) is 0.739. The molecule has 3 heterocycles. The van der Waals surface area contributed by atoms with E-state index in [0.717, 1.165) is 30.3 Å². The highest BCUT2D eigenvalue weighted by Crippen LogP contribution is 2.19. The van der Waals surface area contributed by atoms with Gasteiger partial charge in [0, 0.05) is 52.2 Å². The predicted octanol–water partition coefficient (Wildman–Crippen LogP) is 1.69. The number of para-hydroxylation sites is 2. The van der Waals surface area contributed by atoms with E-state index in [-0.39, 0.29) is 5.91 Å². The Hall–Kier alpha value is -1.97. The second kappa shape index (κ2) is 8.81. The van der Waals surface area contributed by atoms with Crippen molar-refractivity contribution in [1.82, 2.24) is 23.1 Å². The van der Waals surface area contributed by atoms with Gasteiger partial charge >= 0.3 is 0 Å². The number of carbonyl (C=O) groups excluding carboxylic acids is 1. The van der Waals surface area contributed by atoms with Gasteiger partial charge in [-0.25, -0.2) is 4.98 Å². The maximum absolute atomic E-state index is 12.9. The number of benzene rings is 1. The third-order valence-corrected chi connectivity index (χ3v) is 7.90. The Bertz CT molecular complexity index is 952. The Labute approximate surface area is 172 Å². The molecular weight excluding hydrogens is 390 g/mol. The molecule has 2 fully saturated rings. The molecule has 0 unspecified atom stereocenters. The average molecular weight is 420 g/mol. The van der Waals surface area contributed by atoms with E-state index in [9.17, 15) is 13.2 Å². The monoisotopic (exact) mass is 419 g/mol. The molecule has 1 aromatic carbocycles. The second-order valence-electron chi connectivity index (χ2n) is 7.78. The minimum absolute atomic E-state index is 0.0694. The minimum atomic E-state index is -3.41. The number of hydrogen-bond donors (Lipinski definition) is 0. The van der Waals surface area contributed by atoms with Crippen molar-refractivity contribution in [2.45, 2.75) is 38.6 Å². The van der Waals surface area contributed by atoms with Gasteiger partial charge in [-0.2, -0.15) is 17.0 Å². The summed E-state index contributed by atoms with van der Waals surface area (Å²) in [6, 6.07) is 7.88. The number of aryl methyl sites for hydroxylation is 1. The Kier molecular flexibility index (Phi) is 6.17. The summed E-state index contributed by atoms with van der Waals surface area (Å²) < 4.78 is 31.0. The van der Waals surface area contributed by atoms with Crippen LogP contribution < -0.4 is 0 Å². The second-order valence-corrected chi connectivity index (χ2v) is 9.71. The van der Waals surface area contributed by atoms with Crippen LogP contribution in [0.1, 0.15) is 32.1 Å². The number of amides is 1. The van der Waals surface area contributed by atoms with Crippen LogP contribution in [0.15, 0.2) is 30.6 Å². The van der Waals surface area contributed by atoms with E-state index in [4.69, 9.17) is 0 Å². The van der Waals surface area contributed by atoms with Crippen LogP contribution in [0, 0.1) is 0 Å². The van der Waals surface area contributed by atoms with Crippen molar-refractivity contribution in [3.63, 3.8) is 0 Å². The van der Waals surface area contributed by atoms with Gasteiger partial charge in [0.15, 0.2) is 0 Å². The zero-order valence-corrected chi connectivity index (χ0v) is 17.6. The molecule has 2 saturated heterocycles. The lowest BCUT2D eigenvalue weighted by Crippen LogP contribution is -2.47. The first kappa shape index (κ1) is 20.3. The molecule has 9 heteroatoms. The van der Waals surface area contributed by atoms with E-state index < -0.39 is 10.2 Å². The van der Waals surface area contributed by atoms with Gasteiger partial charge in [-0.3, -0.25) is 4.79 Å². The number of piperidine rings is 1. The third-order valence-electron chi connectivity index (χ3n) is 5.87. The van der Waals surface area contributed by atoms with Crippen LogP contribution in [0.5, 0.6) is 0 Å². The summed E-state index contributed by atoms with van der Waals surface area (Å²) in [7, 11) is -3.41. The van der Waals surface area contributed by atoms with Crippen LogP contribution in [0.25, 0.3) is 11.0 Å². The van der Waals surface area contributed by atoms with Crippen LogP contribution in [-0.2, 0) is 21.5 Å². The first-order chi connectivity index (χ1) is 14.1. The normalized spacial score (nSPS) is 20.1. The fourth-order valence-electron chi connectivity index (χ4n) is 4.20. The van der Waals surface area contributed by atoms with Gasteiger partial charge in [-0.15, -0.1) is 0 Å². The fourth-order valence-corrected chi connectivity index (χ4v) is 5.91. The molecule has 0 atom stereocenters. The number of rotatable bonds is 5. The maximum Gasteiger partial charge on any atom is 0.282 e. The predicted molar refractivity (Wildman–Crippen MR) is 111 cm³/mol. The molecule has 1 aromatic heterocycles. The van der Waals surface area contributed by atoms with Gasteiger partial charge in [0.2, 0.25) is 5.91 Å². The van der Waals surface area contributed by atoms with Crippen molar-refractivity contribution in [2.24, 2.45) is 0 Å². The number of hydrogen-bond acceptors (Lipinski definition) is 4. The number of imidazole rings is 1. The summed E-state index contributed by atoms with van der Waals surface area (Å²) in [5, 5.41) is 0. The largest absolute Gasteiger partial charge is 0.341 e. The molecular formula is C20H29N5O3S. The fraction of sp³-hybridized carbons (Fsp3) is 0.600. The minimum Gasteiger partial charge on any atom is -0.341 e. The molecule has 4 rings (SSSR count). The lowest BCUT2D eigenvalue weighted by molar-refractivity contribution is -0.131. The molecule has 0 radical (unpaired) electrons. The molecule has 0 N–H and O–H groups in total. The Balaban J connectivity index is 1.33. The van der Waals surface area contributed by atoms with Crippen LogP contribution in [0.2, 0.25) is 0 Å². The molecule has 29 heavy (non-hydrogen) atoms. The van der Waals surface area contributed by atoms with Crippen LogP contribution in [0.3, 0.4) is 0 Å². The van der Waals surface area contributed by atoms with Crippen molar-refractivity contribution in [3.8, 4) is 0 Å². The van der Waals surface area contributed by atoms with Crippen LogP contribution in [-0.4, -0.2) is 76.7 Å². The van der Waals surface area contributed by atoms with Gasteiger partial charge < -0.3 is 9.47 Å². The number of aromatic nitrogens is 2. The van der Waals surface area contributed by atoms with Gasteiger partial charge in [0.1, 0.15) is 0 Å². The number of carbonyl (C=O) groups is 1. The third kappa shape index (κ3) is 4.46. The van der Waals surface area contributed by atoms with E-state index in [0.29, 0.717) is 58.7 Å². The molecule has 0 bridgehead atoms. The summed E-state index contributed by atoms with van der Waals surface area (Å²) in [5.41, 5.74) is 1.95. The summed E-state index contributed by atoms with van der Waals surface area (Å²) >= 11 is 0. The van der Waals surface area contributed by atoms with E-state index in [1.165, 1.54) is 0 Å². The van der Waals surface area contributed by atoms with E-state index in [1.54, 1.807) is 14.9 Å². The SMILES string of the molecule is O=C(CCn1cnc2ccccc21)N1CCCN(S(=O)(=O)N2CCCCC2)CC1. The van der Waals surface area contributed by atoms with Crippen molar-refractivity contribution >= 4 is 27.1 Å². The Morgan fingerprint density at radius 1 is 0.897 bits per heavy atom. The first-order valence-corrected chi connectivity index (χ1v) is 11.9. The average Bonchev–Trinajstić information content (AvgIpc) is 2.98. The molecule has 8 nitrogen and oxygen atoms in total. The lowest BCUT2D eigenvalue weighted by atomic mass is 10.2. The summed E-state index contributed by atoms with van der Waals surface area (Å²) in [5.74, 6) is 0.0694. The van der Waals surface area contributed by atoms with Gasteiger partial charge in [0.25, 0.3) is 10.2 Å². The molecule has 1 amide bonds. The topological polar surface area (TPSA) is 78.8 Å². The van der Waals surface area contributed by atoms with Gasteiger partial charge in [0.05, 0.1) is 17.4 Å². The molecule has 158 valence electrons. The smallest absolute Gasteiger partial charge is 0.282 e. The Morgan fingerprint density at radius 3 is 2.45 bits per heavy atom. The maximum atomic E-state index is 12.9. The van der Waals surface area contributed by atoms with E-state index >= 15 is 0 Å². The van der Waals surface area contributed by atoms with E-state index in [2.05, 4.69) is 4.98 Å². The van der Waals surface area contributed by atoms with Gasteiger partial charge in [-0.1, -0.05) is 18.6 Å². The highest BCUT2D eigenvalue weighted by atomic mass is 32.2. The number of fused-ring (bicyclic) bond motifs is 1. The van der Waals surface area contributed by atoms with Crippen molar-refractivity contribution in [3.05, 3.63) is 30.6 Å². The zero-order valence-electron chi connectivity index (χ0n) is 16.7. The number of nitrogens with zero attached hydrogens (tertiary/aromatic N) is 5.